The molecule has 0 aliphatic rings. The second-order valence-electron chi connectivity index (χ2n) is 5.93. The van der Waals surface area contributed by atoms with E-state index in [0.717, 1.165) is 11.0 Å². The fourth-order valence-corrected chi connectivity index (χ4v) is 3.93. The van der Waals surface area contributed by atoms with Crippen LogP contribution >= 0.6 is 31.9 Å². The van der Waals surface area contributed by atoms with Crippen LogP contribution in [0.1, 0.15) is 36.5 Å². The second-order valence-corrected chi connectivity index (χ2v) is 7.64. The minimum atomic E-state index is -0.541. The summed E-state index contributed by atoms with van der Waals surface area (Å²) in [5.74, 6) is -0.271. The zero-order valence-electron chi connectivity index (χ0n) is 15.1. The van der Waals surface area contributed by atoms with E-state index >= 15 is 0 Å². The maximum atomic E-state index is 12.4. The van der Waals surface area contributed by atoms with E-state index in [9.17, 15) is 25.3 Å². The summed E-state index contributed by atoms with van der Waals surface area (Å²) < 4.78 is 1.92. The van der Waals surface area contributed by atoms with Gasteiger partial charge in [0.05, 0.1) is 25.1 Å². The molecule has 1 N–H and O–H groups in total. The fourth-order valence-electron chi connectivity index (χ4n) is 2.56. The molecule has 1 heterocycles. The standard InChI is InChI=1S/C18H16Br2N4O4/c1-3-4-5-23-17(25)12(8-21)10(2)13(18(23)26)9-22-16-14(19)6-11(24(27)28)7-15(16)20/h6-7,9,26H,3-5H2,1-2H3. The number of aromatic hydroxyl groups is 1. The zero-order chi connectivity index (χ0) is 21.0. The Bertz CT molecular complexity index is 1050. The van der Waals surface area contributed by atoms with Crippen LogP contribution in [0, 0.1) is 28.4 Å². The molecule has 28 heavy (non-hydrogen) atoms. The van der Waals surface area contributed by atoms with Crippen molar-refractivity contribution in [3.8, 4) is 11.9 Å². The molecule has 0 saturated heterocycles. The van der Waals surface area contributed by atoms with E-state index in [2.05, 4.69) is 36.9 Å². The van der Waals surface area contributed by atoms with Crippen LogP contribution < -0.4 is 5.56 Å². The highest BCUT2D eigenvalue weighted by Gasteiger charge is 2.18. The second kappa shape index (κ2) is 9.12. The van der Waals surface area contributed by atoms with E-state index in [1.54, 1.807) is 6.92 Å². The van der Waals surface area contributed by atoms with Crippen LogP contribution in [0.2, 0.25) is 0 Å². The molecule has 0 saturated carbocycles. The Labute approximate surface area is 177 Å². The third-order valence-corrected chi connectivity index (χ3v) is 5.33. The highest BCUT2D eigenvalue weighted by molar-refractivity contribution is 9.11. The number of aromatic nitrogens is 1. The minimum Gasteiger partial charge on any atom is -0.494 e. The topological polar surface area (TPSA) is 122 Å². The average Bonchev–Trinajstić information content (AvgIpc) is 2.63. The van der Waals surface area contributed by atoms with Crippen molar-refractivity contribution in [2.45, 2.75) is 33.2 Å². The van der Waals surface area contributed by atoms with Crippen molar-refractivity contribution in [3.63, 3.8) is 0 Å². The Morgan fingerprint density at radius 2 is 2.00 bits per heavy atom. The normalized spacial score (nSPS) is 11.0. The fraction of sp³-hybridized carbons (Fsp3) is 0.278. The van der Waals surface area contributed by atoms with E-state index in [1.807, 2.05) is 13.0 Å². The molecule has 0 aliphatic carbocycles. The Kier molecular flexibility index (Phi) is 7.10. The summed E-state index contributed by atoms with van der Waals surface area (Å²) in [5, 5.41) is 30.9. The molecule has 0 fully saturated rings. The van der Waals surface area contributed by atoms with Gasteiger partial charge >= 0.3 is 0 Å². The van der Waals surface area contributed by atoms with E-state index in [1.165, 1.54) is 18.3 Å². The summed E-state index contributed by atoms with van der Waals surface area (Å²) in [5.41, 5.74) is 0.212. The molecule has 146 valence electrons. The van der Waals surface area contributed by atoms with Gasteiger partial charge in [-0.25, -0.2) is 0 Å². The first-order valence-electron chi connectivity index (χ1n) is 8.26. The molecule has 10 heteroatoms. The van der Waals surface area contributed by atoms with Gasteiger partial charge in [-0.05, 0) is 50.8 Å². The average molecular weight is 512 g/mol. The first kappa shape index (κ1) is 21.8. The number of nitro benzene ring substituents is 1. The first-order chi connectivity index (χ1) is 13.2. The molecular formula is C18H16Br2N4O4. The van der Waals surface area contributed by atoms with Crippen LogP contribution in [0.25, 0.3) is 0 Å². The van der Waals surface area contributed by atoms with Crippen LogP contribution in [0.15, 0.2) is 30.9 Å². The number of aliphatic imine (C=N–C) groups is 1. The number of unbranched alkanes of at least 4 members (excludes halogenated alkanes) is 1. The predicted octanol–water partition coefficient (Wildman–Crippen LogP) is 4.72. The molecule has 0 radical (unpaired) electrons. The Balaban J connectivity index is 2.62. The van der Waals surface area contributed by atoms with Crippen molar-refractivity contribution in [2.75, 3.05) is 0 Å². The first-order valence-corrected chi connectivity index (χ1v) is 9.85. The molecule has 2 aromatic rings. The van der Waals surface area contributed by atoms with Gasteiger partial charge < -0.3 is 5.11 Å². The van der Waals surface area contributed by atoms with Crippen LogP contribution in [0.3, 0.4) is 0 Å². The van der Waals surface area contributed by atoms with E-state index in [-0.39, 0.29) is 29.2 Å². The van der Waals surface area contributed by atoms with Crippen molar-refractivity contribution in [1.82, 2.24) is 4.57 Å². The molecule has 0 spiro atoms. The number of pyridine rings is 1. The molecular weight excluding hydrogens is 496 g/mol. The van der Waals surface area contributed by atoms with Crippen molar-refractivity contribution in [3.05, 3.63) is 58.2 Å². The number of halogens is 2. The Morgan fingerprint density at radius 3 is 2.50 bits per heavy atom. The highest BCUT2D eigenvalue weighted by atomic mass is 79.9. The summed E-state index contributed by atoms with van der Waals surface area (Å²) in [4.78, 5) is 27.2. The van der Waals surface area contributed by atoms with Gasteiger partial charge in [-0.2, -0.15) is 5.26 Å². The predicted molar refractivity (Wildman–Crippen MR) is 112 cm³/mol. The molecule has 8 nitrogen and oxygen atoms in total. The highest BCUT2D eigenvalue weighted by Crippen LogP contribution is 2.37. The number of rotatable bonds is 6. The number of nitrogens with zero attached hydrogens (tertiary/aromatic N) is 4. The Hall–Kier alpha value is -2.51. The number of non-ortho nitro benzene ring substituents is 1. The SMILES string of the molecule is CCCCn1c(O)c(C=Nc2c(Br)cc([N+](=O)[O-])cc2Br)c(C)c(C#N)c1=O. The molecule has 0 amide bonds. The van der Waals surface area contributed by atoms with Crippen LogP contribution in [0.4, 0.5) is 11.4 Å². The molecule has 1 aromatic heterocycles. The number of nitriles is 1. The van der Waals surface area contributed by atoms with Crippen LogP contribution in [-0.2, 0) is 6.54 Å². The maximum absolute atomic E-state index is 12.4. The van der Waals surface area contributed by atoms with Crippen molar-refractivity contribution < 1.29 is 10.0 Å². The maximum Gasteiger partial charge on any atom is 0.271 e. The minimum absolute atomic E-state index is 0.0582. The van der Waals surface area contributed by atoms with Gasteiger partial charge in [-0.1, -0.05) is 13.3 Å². The Morgan fingerprint density at radius 1 is 1.39 bits per heavy atom. The van der Waals surface area contributed by atoms with E-state index < -0.39 is 10.5 Å². The third-order valence-electron chi connectivity index (χ3n) is 4.12. The number of nitro groups is 1. The molecule has 0 bridgehead atoms. The number of benzene rings is 1. The molecule has 0 atom stereocenters. The van der Waals surface area contributed by atoms with Crippen molar-refractivity contribution in [1.29, 1.82) is 5.26 Å². The lowest BCUT2D eigenvalue weighted by atomic mass is 10.1. The van der Waals surface area contributed by atoms with Gasteiger partial charge in [-0.3, -0.25) is 24.5 Å². The number of hydrogen-bond acceptors (Lipinski definition) is 6. The summed E-state index contributed by atoms with van der Waals surface area (Å²) in [6.07, 6.45) is 2.81. The van der Waals surface area contributed by atoms with Crippen molar-refractivity contribution in [2.24, 2.45) is 4.99 Å². The van der Waals surface area contributed by atoms with Crippen LogP contribution in [-0.4, -0.2) is 20.8 Å². The van der Waals surface area contributed by atoms with E-state index in [4.69, 9.17) is 0 Å². The largest absolute Gasteiger partial charge is 0.494 e. The van der Waals surface area contributed by atoms with Crippen LogP contribution in [0.5, 0.6) is 5.88 Å². The van der Waals surface area contributed by atoms with Gasteiger partial charge in [0.25, 0.3) is 11.2 Å². The molecule has 2 rings (SSSR count). The third kappa shape index (κ3) is 4.31. The monoisotopic (exact) mass is 510 g/mol. The lowest BCUT2D eigenvalue weighted by molar-refractivity contribution is -0.385. The quantitative estimate of drug-likeness (QED) is 0.341. The van der Waals surface area contributed by atoms with Crippen molar-refractivity contribution >= 4 is 49.4 Å². The van der Waals surface area contributed by atoms with Gasteiger partial charge in [0.15, 0.2) is 0 Å². The van der Waals surface area contributed by atoms with Gasteiger partial charge in [0.2, 0.25) is 5.88 Å². The van der Waals surface area contributed by atoms with Gasteiger partial charge in [0, 0.05) is 24.9 Å². The molecule has 1 aromatic carbocycles. The lowest BCUT2D eigenvalue weighted by Gasteiger charge is -2.13. The zero-order valence-corrected chi connectivity index (χ0v) is 18.2. The molecule has 0 unspecified atom stereocenters. The molecule has 0 aliphatic heterocycles. The van der Waals surface area contributed by atoms with Gasteiger partial charge in [-0.15, -0.1) is 0 Å². The summed E-state index contributed by atoms with van der Waals surface area (Å²) in [6.45, 7) is 3.79. The van der Waals surface area contributed by atoms with E-state index in [0.29, 0.717) is 26.6 Å². The summed E-state index contributed by atoms with van der Waals surface area (Å²) in [7, 11) is 0. The lowest BCUT2D eigenvalue weighted by Crippen LogP contribution is -2.25. The summed E-state index contributed by atoms with van der Waals surface area (Å²) in [6, 6.07) is 4.51. The number of hydrogen-bond donors (Lipinski definition) is 1. The van der Waals surface area contributed by atoms with Gasteiger partial charge in [0.1, 0.15) is 11.6 Å². The smallest absolute Gasteiger partial charge is 0.271 e. The summed E-state index contributed by atoms with van der Waals surface area (Å²) >= 11 is 6.49.